The molecule has 0 atom stereocenters. The summed E-state index contributed by atoms with van der Waals surface area (Å²) in [6.45, 7) is 8.67. The molecule has 1 aromatic heterocycles. The molecule has 3 rings (SSSR count). The van der Waals surface area contributed by atoms with E-state index in [4.69, 9.17) is 0 Å². The number of nitrogens with zero attached hydrogens (tertiary/aromatic N) is 4. The molecule has 2 aromatic rings. The van der Waals surface area contributed by atoms with E-state index < -0.39 is 0 Å². The van der Waals surface area contributed by atoms with Crippen LogP contribution >= 0.6 is 0 Å². The molecular formula is C23H36N6. The van der Waals surface area contributed by atoms with Crippen LogP contribution in [0.25, 0.3) is 0 Å². The molecule has 1 aliphatic rings. The number of piperidine rings is 1. The van der Waals surface area contributed by atoms with Gasteiger partial charge in [-0.15, -0.1) is 0 Å². The van der Waals surface area contributed by atoms with Crippen molar-refractivity contribution in [3.05, 3.63) is 54.1 Å². The van der Waals surface area contributed by atoms with Gasteiger partial charge >= 0.3 is 0 Å². The zero-order valence-electron chi connectivity index (χ0n) is 18.0. The minimum absolute atomic E-state index is 0.815. The predicted molar refractivity (Wildman–Crippen MR) is 120 cm³/mol. The normalized spacial score (nSPS) is 16.1. The van der Waals surface area contributed by atoms with Gasteiger partial charge in [0.1, 0.15) is 5.82 Å². The lowest BCUT2D eigenvalue weighted by Crippen LogP contribution is -2.40. The topological polar surface area (TPSA) is 57.5 Å². The molecule has 2 N–H and O–H groups in total. The van der Waals surface area contributed by atoms with Crippen molar-refractivity contribution in [2.24, 2.45) is 10.9 Å². The van der Waals surface area contributed by atoms with Crippen molar-refractivity contribution in [3.63, 3.8) is 0 Å². The van der Waals surface area contributed by atoms with E-state index in [9.17, 15) is 0 Å². The van der Waals surface area contributed by atoms with Crippen LogP contribution in [-0.2, 0) is 13.0 Å². The molecular weight excluding hydrogens is 360 g/mol. The zero-order chi connectivity index (χ0) is 20.3. The number of hydrogen-bond acceptors (Lipinski definition) is 3. The minimum Gasteiger partial charge on any atom is -0.356 e. The molecule has 0 unspecified atom stereocenters. The van der Waals surface area contributed by atoms with Crippen molar-refractivity contribution in [3.8, 4) is 0 Å². The second-order valence-corrected chi connectivity index (χ2v) is 8.01. The number of aromatic nitrogens is 2. The summed E-state index contributed by atoms with van der Waals surface area (Å²) in [5, 5.41) is 6.85. The maximum absolute atomic E-state index is 4.52. The van der Waals surface area contributed by atoms with Gasteiger partial charge in [0.05, 0.1) is 0 Å². The molecule has 1 aromatic carbocycles. The number of imidazole rings is 1. The van der Waals surface area contributed by atoms with E-state index in [1.54, 1.807) is 0 Å². The number of guanidine groups is 1. The van der Waals surface area contributed by atoms with Gasteiger partial charge in [-0.1, -0.05) is 37.3 Å². The Balaban J connectivity index is 1.33. The van der Waals surface area contributed by atoms with Gasteiger partial charge in [-0.25, -0.2) is 4.98 Å². The van der Waals surface area contributed by atoms with Crippen LogP contribution in [0.2, 0.25) is 0 Å². The van der Waals surface area contributed by atoms with Gasteiger partial charge in [0.2, 0.25) is 0 Å². The van der Waals surface area contributed by atoms with E-state index in [1.165, 1.54) is 38.0 Å². The van der Waals surface area contributed by atoms with E-state index >= 15 is 0 Å². The van der Waals surface area contributed by atoms with E-state index in [2.05, 4.69) is 67.5 Å². The van der Waals surface area contributed by atoms with Crippen LogP contribution in [0.15, 0.2) is 47.7 Å². The third-order valence-corrected chi connectivity index (χ3v) is 5.68. The van der Waals surface area contributed by atoms with Crippen LogP contribution in [0.3, 0.4) is 0 Å². The molecule has 0 aliphatic carbocycles. The molecule has 158 valence electrons. The predicted octanol–water partition coefficient (Wildman–Crippen LogP) is 2.76. The Bertz CT molecular complexity index is 731. The summed E-state index contributed by atoms with van der Waals surface area (Å²) in [5.41, 5.74) is 1.29. The average molecular weight is 397 g/mol. The lowest BCUT2D eigenvalue weighted by atomic mass is 9.99. The molecule has 0 saturated carbocycles. The number of benzene rings is 1. The highest BCUT2D eigenvalue weighted by atomic mass is 15.2. The Hall–Kier alpha value is -2.34. The molecule has 6 nitrogen and oxygen atoms in total. The largest absolute Gasteiger partial charge is 0.356 e. The summed E-state index contributed by atoms with van der Waals surface area (Å²) in [6.07, 6.45) is 8.64. The number of rotatable bonds is 9. The number of nitrogens with one attached hydrogen (secondary N) is 2. The smallest absolute Gasteiger partial charge is 0.190 e. The SMILES string of the molecule is CN=C(NCCCN1CCC(C)CC1)NCCc1nccn1Cc1ccccc1. The van der Waals surface area contributed by atoms with Gasteiger partial charge in [-0.3, -0.25) is 4.99 Å². The molecule has 29 heavy (non-hydrogen) atoms. The van der Waals surface area contributed by atoms with Crippen LogP contribution in [0.1, 0.15) is 37.6 Å². The second kappa shape index (κ2) is 11.6. The van der Waals surface area contributed by atoms with Crippen LogP contribution in [0.5, 0.6) is 0 Å². The third-order valence-electron chi connectivity index (χ3n) is 5.68. The number of hydrogen-bond donors (Lipinski definition) is 2. The first kappa shape index (κ1) is 21.4. The van der Waals surface area contributed by atoms with Crippen LogP contribution in [-0.4, -0.2) is 60.2 Å². The molecule has 0 radical (unpaired) electrons. The van der Waals surface area contributed by atoms with Crippen LogP contribution < -0.4 is 10.6 Å². The van der Waals surface area contributed by atoms with Crippen molar-refractivity contribution in [2.45, 2.75) is 39.2 Å². The van der Waals surface area contributed by atoms with Crippen molar-refractivity contribution in [1.82, 2.24) is 25.1 Å². The molecule has 1 aliphatic heterocycles. The maximum Gasteiger partial charge on any atom is 0.190 e. The minimum atomic E-state index is 0.815. The number of likely N-dealkylation sites (tertiary alicyclic amines) is 1. The Kier molecular flexibility index (Phi) is 8.56. The average Bonchev–Trinajstić information content (AvgIpc) is 3.18. The molecule has 0 bridgehead atoms. The van der Waals surface area contributed by atoms with Gasteiger partial charge < -0.3 is 20.1 Å². The summed E-state index contributed by atoms with van der Waals surface area (Å²) in [4.78, 5) is 11.5. The monoisotopic (exact) mass is 396 g/mol. The molecule has 6 heteroatoms. The zero-order valence-corrected chi connectivity index (χ0v) is 18.0. The first-order valence-electron chi connectivity index (χ1n) is 11.0. The summed E-state index contributed by atoms with van der Waals surface area (Å²) in [7, 11) is 1.83. The highest BCUT2D eigenvalue weighted by Crippen LogP contribution is 2.15. The fourth-order valence-electron chi connectivity index (χ4n) is 3.80. The Morgan fingerprint density at radius 2 is 1.90 bits per heavy atom. The van der Waals surface area contributed by atoms with Crippen molar-refractivity contribution >= 4 is 5.96 Å². The van der Waals surface area contributed by atoms with Gasteiger partial charge in [0, 0.05) is 45.5 Å². The Morgan fingerprint density at radius 3 is 2.66 bits per heavy atom. The summed E-state index contributed by atoms with van der Waals surface area (Å²) >= 11 is 0. The van der Waals surface area contributed by atoms with E-state index in [0.29, 0.717) is 0 Å². The Morgan fingerprint density at radius 1 is 1.14 bits per heavy atom. The van der Waals surface area contributed by atoms with Crippen molar-refractivity contribution < 1.29 is 0 Å². The lowest BCUT2D eigenvalue weighted by Gasteiger charge is -2.30. The second-order valence-electron chi connectivity index (χ2n) is 8.01. The van der Waals surface area contributed by atoms with Gasteiger partial charge in [0.25, 0.3) is 0 Å². The summed E-state index contributed by atoms with van der Waals surface area (Å²) < 4.78 is 2.21. The van der Waals surface area contributed by atoms with Crippen molar-refractivity contribution in [1.29, 1.82) is 0 Å². The fourth-order valence-corrected chi connectivity index (χ4v) is 3.80. The van der Waals surface area contributed by atoms with Gasteiger partial charge in [-0.05, 0) is 50.4 Å². The molecule has 2 heterocycles. The van der Waals surface area contributed by atoms with E-state index in [-0.39, 0.29) is 0 Å². The first-order chi connectivity index (χ1) is 14.2. The van der Waals surface area contributed by atoms with E-state index in [1.807, 2.05) is 19.3 Å². The maximum atomic E-state index is 4.52. The number of aliphatic imine (C=N–C) groups is 1. The molecule has 1 saturated heterocycles. The lowest BCUT2D eigenvalue weighted by molar-refractivity contribution is 0.191. The highest BCUT2D eigenvalue weighted by molar-refractivity contribution is 5.79. The first-order valence-corrected chi connectivity index (χ1v) is 11.0. The standard InChI is InChI=1S/C23H36N6/c1-20-10-16-28(17-11-20)15-6-12-26-23(24-2)27-13-9-22-25-14-18-29(22)19-21-7-4-3-5-8-21/h3-5,7-8,14,18,20H,6,9-13,15-17,19H2,1-2H3,(H2,24,26,27). The highest BCUT2D eigenvalue weighted by Gasteiger charge is 2.14. The summed E-state index contributed by atoms with van der Waals surface area (Å²) in [5.74, 6) is 2.87. The molecule has 0 spiro atoms. The van der Waals surface area contributed by atoms with Gasteiger partial charge in [0.15, 0.2) is 5.96 Å². The quantitative estimate of drug-likeness (QED) is 0.389. The summed E-state index contributed by atoms with van der Waals surface area (Å²) in [6, 6.07) is 10.5. The van der Waals surface area contributed by atoms with Crippen LogP contribution in [0, 0.1) is 5.92 Å². The Labute approximate surface area is 175 Å². The van der Waals surface area contributed by atoms with Crippen LogP contribution in [0.4, 0.5) is 0 Å². The third kappa shape index (κ3) is 7.20. The molecule has 1 fully saturated rings. The van der Waals surface area contributed by atoms with Crippen molar-refractivity contribution in [2.75, 3.05) is 39.8 Å². The fraction of sp³-hybridized carbons (Fsp3) is 0.565. The molecule has 0 amide bonds. The van der Waals surface area contributed by atoms with Gasteiger partial charge in [-0.2, -0.15) is 0 Å². The van der Waals surface area contributed by atoms with E-state index in [0.717, 1.165) is 50.2 Å².